The van der Waals surface area contributed by atoms with Crippen LogP contribution in [-0.4, -0.2) is 5.75 Å². The van der Waals surface area contributed by atoms with Gasteiger partial charge in [0.2, 0.25) is 0 Å². The molecule has 1 aliphatic rings. The minimum atomic E-state index is -0.0232. The van der Waals surface area contributed by atoms with Gasteiger partial charge in [0.1, 0.15) is 0 Å². The average Bonchev–Trinajstić information content (AvgIpc) is 2.69. The molecule has 4 rings (SSSR count). The highest BCUT2D eigenvalue weighted by atomic mass is 35.5. The highest BCUT2D eigenvalue weighted by Crippen LogP contribution is 2.50. The number of hydrogen-bond donors (Lipinski definition) is 0. The number of rotatable bonds is 3. The Bertz CT molecular complexity index is 845. The third-order valence-electron chi connectivity index (χ3n) is 4.79. The first-order valence-electron chi connectivity index (χ1n) is 8.48. The van der Waals surface area contributed by atoms with Crippen LogP contribution < -0.4 is 0 Å². The van der Waals surface area contributed by atoms with E-state index < -0.39 is 0 Å². The van der Waals surface area contributed by atoms with Crippen molar-refractivity contribution in [2.24, 2.45) is 0 Å². The third kappa shape index (κ3) is 3.27. The summed E-state index contributed by atoms with van der Waals surface area (Å²) in [5.74, 6) is 0.976. The largest absolute Gasteiger partial charge is 0.140 e. The van der Waals surface area contributed by atoms with Gasteiger partial charge in [-0.1, -0.05) is 90.5 Å². The quantitative estimate of drug-likeness (QED) is 0.493. The highest BCUT2D eigenvalue weighted by molar-refractivity contribution is 8.00. The highest BCUT2D eigenvalue weighted by Gasteiger charge is 2.36. The fraction of sp³-hybridized carbons (Fsp3) is 0.130. The molecule has 0 aliphatic carbocycles. The van der Waals surface area contributed by atoms with Crippen LogP contribution in [0.5, 0.6) is 0 Å². The lowest BCUT2D eigenvalue weighted by molar-refractivity contribution is 0.751. The zero-order valence-electron chi connectivity index (χ0n) is 13.9. The molecule has 0 aromatic heterocycles. The molecule has 0 N–H and O–H groups in total. The maximum absolute atomic E-state index is 6.18. The number of benzene rings is 3. The molecule has 0 saturated heterocycles. The van der Waals surface area contributed by atoms with Crippen molar-refractivity contribution in [2.45, 2.75) is 11.2 Å². The summed E-state index contributed by atoms with van der Waals surface area (Å²) in [6.07, 6.45) is 3.37. The molecule has 0 bridgehead atoms. The predicted octanol–water partition coefficient (Wildman–Crippen LogP) is 6.80. The number of hydrogen-bond acceptors (Lipinski definition) is 1. The first kappa shape index (κ1) is 16.5. The lowest BCUT2D eigenvalue weighted by Gasteiger charge is -2.37. The number of allylic oxidation sites excluding steroid dienone is 1. The van der Waals surface area contributed by atoms with E-state index in [1.165, 1.54) is 22.3 Å². The van der Waals surface area contributed by atoms with Gasteiger partial charge >= 0.3 is 0 Å². The fourth-order valence-corrected chi connectivity index (χ4v) is 5.14. The molecule has 3 aromatic rings. The van der Waals surface area contributed by atoms with Gasteiger partial charge < -0.3 is 0 Å². The Balaban J connectivity index is 1.75. The Morgan fingerprint density at radius 2 is 1.40 bits per heavy atom. The van der Waals surface area contributed by atoms with Gasteiger partial charge in [-0.25, -0.2) is 0 Å². The second-order valence-electron chi connectivity index (χ2n) is 6.29. The molecule has 0 atom stereocenters. The van der Waals surface area contributed by atoms with E-state index in [1.54, 1.807) is 0 Å². The second-order valence-corrected chi connectivity index (χ2v) is 8.00. The summed E-state index contributed by atoms with van der Waals surface area (Å²) in [5, 5.41) is 0.798. The van der Waals surface area contributed by atoms with Crippen LogP contribution in [0.1, 0.15) is 23.1 Å². The van der Waals surface area contributed by atoms with Gasteiger partial charge in [-0.15, -0.1) is 11.8 Å². The molecular formula is C23H19ClS. The molecule has 0 fully saturated rings. The fourth-order valence-electron chi connectivity index (χ4n) is 3.46. The molecule has 0 nitrogen and oxygen atoms in total. The first-order valence-corrected chi connectivity index (χ1v) is 9.84. The Morgan fingerprint density at radius 3 is 1.92 bits per heavy atom. The predicted molar refractivity (Wildman–Crippen MR) is 110 cm³/mol. The van der Waals surface area contributed by atoms with Gasteiger partial charge in [0.05, 0.1) is 4.75 Å². The smallest absolute Gasteiger partial charge is 0.0694 e. The van der Waals surface area contributed by atoms with E-state index in [9.17, 15) is 0 Å². The molecule has 0 spiro atoms. The Morgan fingerprint density at radius 1 is 0.760 bits per heavy atom. The summed E-state index contributed by atoms with van der Waals surface area (Å²) in [5.41, 5.74) is 5.34. The van der Waals surface area contributed by atoms with Crippen molar-refractivity contribution in [2.75, 3.05) is 5.75 Å². The van der Waals surface area contributed by atoms with Crippen molar-refractivity contribution in [1.82, 2.24) is 0 Å². The molecule has 0 saturated carbocycles. The van der Waals surface area contributed by atoms with Gasteiger partial charge in [0.25, 0.3) is 0 Å². The third-order valence-corrected chi connectivity index (χ3v) is 6.61. The van der Waals surface area contributed by atoms with Crippen molar-refractivity contribution < 1.29 is 0 Å². The van der Waals surface area contributed by atoms with Crippen LogP contribution in [0.4, 0.5) is 0 Å². The van der Waals surface area contributed by atoms with Gasteiger partial charge in [-0.2, -0.15) is 0 Å². The SMILES string of the molecule is Clc1cccc(C2=CCC(c3ccccc3)(c3ccccc3)SC2)c1. The van der Waals surface area contributed by atoms with E-state index in [1.807, 2.05) is 23.9 Å². The van der Waals surface area contributed by atoms with E-state index in [4.69, 9.17) is 11.6 Å². The molecule has 2 heteroatoms. The van der Waals surface area contributed by atoms with Crippen LogP contribution in [0, 0.1) is 0 Å². The summed E-state index contributed by atoms with van der Waals surface area (Å²) in [7, 11) is 0. The monoisotopic (exact) mass is 362 g/mol. The average molecular weight is 363 g/mol. The van der Waals surface area contributed by atoms with E-state index in [-0.39, 0.29) is 4.75 Å². The molecule has 1 heterocycles. The standard InChI is InChI=1S/C23H19ClS/c24-22-13-7-8-18(16-22)19-14-15-23(25-17-19,20-9-3-1-4-10-20)21-11-5-2-6-12-21/h1-14,16H,15,17H2. The van der Waals surface area contributed by atoms with Crippen LogP contribution in [0.2, 0.25) is 5.02 Å². The van der Waals surface area contributed by atoms with Gasteiger partial charge in [-0.05, 0) is 40.8 Å². The maximum atomic E-state index is 6.18. The Labute approximate surface area is 158 Å². The van der Waals surface area contributed by atoms with E-state index in [0.717, 1.165) is 17.2 Å². The van der Waals surface area contributed by atoms with Gasteiger partial charge in [0.15, 0.2) is 0 Å². The first-order chi connectivity index (χ1) is 12.3. The molecule has 124 valence electrons. The zero-order valence-corrected chi connectivity index (χ0v) is 15.4. The zero-order chi connectivity index (χ0) is 17.1. The minimum absolute atomic E-state index is 0.0232. The van der Waals surface area contributed by atoms with Crippen molar-refractivity contribution in [3.05, 3.63) is 113 Å². The lowest BCUT2D eigenvalue weighted by atomic mass is 9.86. The van der Waals surface area contributed by atoms with E-state index in [0.29, 0.717) is 0 Å². The van der Waals surface area contributed by atoms with Crippen molar-refractivity contribution in [1.29, 1.82) is 0 Å². The normalized spacial score (nSPS) is 16.3. The molecule has 0 radical (unpaired) electrons. The van der Waals surface area contributed by atoms with Gasteiger partial charge in [0, 0.05) is 10.8 Å². The molecule has 3 aromatic carbocycles. The molecule has 0 unspecified atom stereocenters. The molecule has 25 heavy (non-hydrogen) atoms. The van der Waals surface area contributed by atoms with E-state index in [2.05, 4.69) is 78.9 Å². The number of thioether (sulfide) groups is 1. The van der Waals surface area contributed by atoms with Crippen molar-refractivity contribution in [3.8, 4) is 0 Å². The van der Waals surface area contributed by atoms with E-state index >= 15 is 0 Å². The second kappa shape index (κ2) is 7.11. The molecule has 0 amide bonds. The minimum Gasteiger partial charge on any atom is -0.140 e. The number of halogens is 1. The van der Waals surface area contributed by atoms with Crippen molar-refractivity contribution >= 4 is 28.9 Å². The Hall–Kier alpha value is -1.96. The lowest BCUT2D eigenvalue weighted by Crippen LogP contribution is -2.26. The summed E-state index contributed by atoms with van der Waals surface area (Å²) in [6.45, 7) is 0. The Kier molecular flexibility index (Phi) is 4.70. The topological polar surface area (TPSA) is 0 Å². The van der Waals surface area contributed by atoms with Gasteiger partial charge in [-0.3, -0.25) is 0 Å². The molecule has 1 aliphatic heterocycles. The van der Waals surface area contributed by atoms with Crippen LogP contribution in [0.3, 0.4) is 0 Å². The molecular weight excluding hydrogens is 344 g/mol. The summed E-state index contributed by atoms with van der Waals surface area (Å²) in [4.78, 5) is 0. The van der Waals surface area contributed by atoms with Crippen molar-refractivity contribution in [3.63, 3.8) is 0 Å². The summed E-state index contributed by atoms with van der Waals surface area (Å²) in [6, 6.07) is 29.9. The van der Waals surface area contributed by atoms with Crippen LogP contribution in [0.25, 0.3) is 5.57 Å². The van der Waals surface area contributed by atoms with Crippen LogP contribution >= 0.6 is 23.4 Å². The maximum Gasteiger partial charge on any atom is 0.0694 e. The summed E-state index contributed by atoms with van der Waals surface area (Å²) >= 11 is 8.19. The van der Waals surface area contributed by atoms with Crippen LogP contribution in [-0.2, 0) is 4.75 Å². The van der Waals surface area contributed by atoms with Crippen LogP contribution in [0.15, 0.2) is 91.0 Å². The summed E-state index contributed by atoms with van der Waals surface area (Å²) < 4.78 is -0.0232.